The summed E-state index contributed by atoms with van der Waals surface area (Å²) >= 11 is 12.1. The van der Waals surface area contributed by atoms with Crippen LogP contribution in [0.3, 0.4) is 0 Å². The molecule has 0 aliphatic heterocycles. The number of rotatable bonds is 2. The molecule has 2 atom stereocenters. The molecule has 0 aromatic carbocycles. The lowest BCUT2D eigenvalue weighted by molar-refractivity contribution is 0.523. The van der Waals surface area contributed by atoms with Crippen LogP contribution in [-0.4, -0.2) is 19.5 Å². The minimum absolute atomic E-state index is 0.0522. The van der Waals surface area contributed by atoms with E-state index in [0.29, 0.717) is 17.1 Å². The topological polar surface area (TPSA) is 63.6 Å². The van der Waals surface area contributed by atoms with Crippen LogP contribution in [0, 0.1) is 0 Å². The highest BCUT2D eigenvalue weighted by molar-refractivity contribution is 6.35. The largest absolute Gasteiger partial charge is 0.329 e. The van der Waals surface area contributed by atoms with E-state index in [9.17, 15) is 4.79 Å². The Kier molecular flexibility index (Phi) is 3.62. The number of halogens is 2. The highest BCUT2D eigenvalue weighted by Gasteiger charge is 2.28. The van der Waals surface area contributed by atoms with Gasteiger partial charge >= 0.3 is 0 Å². The zero-order valence-electron chi connectivity index (χ0n) is 12.2. The normalized spacial score (nSPS) is 21.1. The van der Waals surface area contributed by atoms with E-state index in [1.54, 1.807) is 12.3 Å². The minimum Gasteiger partial charge on any atom is -0.329 e. The molecule has 1 N–H and O–H groups in total. The summed E-state index contributed by atoms with van der Waals surface area (Å²) in [6.45, 7) is 0. The van der Waals surface area contributed by atoms with E-state index in [4.69, 9.17) is 23.2 Å². The maximum Gasteiger partial charge on any atom is 0.248 e. The average molecular weight is 349 g/mol. The maximum absolute atomic E-state index is 11.5. The molecule has 0 bridgehead atoms. The Hall–Kier alpha value is -1.85. The summed E-state index contributed by atoms with van der Waals surface area (Å²) < 4.78 is 2.13. The van der Waals surface area contributed by atoms with Crippen LogP contribution in [0.5, 0.6) is 0 Å². The van der Waals surface area contributed by atoms with Gasteiger partial charge in [0.05, 0.1) is 5.39 Å². The Labute approximate surface area is 142 Å². The number of hydrogen-bond donors (Lipinski definition) is 1. The standard InChI is InChI=1S/C16H14Cl2N4O/c17-14-12-4-6-22(15(12)21-16(18)20-14)11-2-1-9(7-11)10-3-5-19-13(23)8-10/h3-6,8-9,11H,1-2,7H2,(H,19,23). The second kappa shape index (κ2) is 5.65. The zero-order valence-corrected chi connectivity index (χ0v) is 13.7. The molecule has 23 heavy (non-hydrogen) atoms. The number of nitrogens with one attached hydrogen (secondary N) is 1. The number of hydrogen-bond acceptors (Lipinski definition) is 3. The summed E-state index contributed by atoms with van der Waals surface area (Å²) in [6, 6.07) is 5.92. The summed E-state index contributed by atoms with van der Waals surface area (Å²) in [5, 5.41) is 1.35. The minimum atomic E-state index is -0.0522. The molecular formula is C16H14Cl2N4O. The second-order valence-electron chi connectivity index (χ2n) is 5.89. The summed E-state index contributed by atoms with van der Waals surface area (Å²) in [4.78, 5) is 22.5. The molecule has 1 fully saturated rings. The maximum atomic E-state index is 11.5. The van der Waals surface area contributed by atoms with E-state index in [-0.39, 0.29) is 10.8 Å². The Morgan fingerprint density at radius 2 is 2.09 bits per heavy atom. The van der Waals surface area contributed by atoms with Gasteiger partial charge in [-0.25, -0.2) is 4.98 Å². The van der Waals surface area contributed by atoms with Crippen molar-refractivity contribution in [2.75, 3.05) is 0 Å². The lowest BCUT2D eigenvalue weighted by Gasteiger charge is -2.14. The quantitative estimate of drug-likeness (QED) is 0.563. The average Bonchev–Trinajstić information content (AvgIpc) is 3.13. The number of nitrogens with zero attached hydrogens (tertiary/aromatic N) is 3. The molecule has 7 heteroatoms. The fourth-order valence-corrected chi connectivity index (χ4v) is 3.93. The Balaban J connectivity index is 1.67. The van der Waals surface area contributed by atoms with Crippen molar-refractivity contribution in [3.05, 3.63) is 56.9 Å². The smallest absolute Gasteiger partial charge is 0.248 e. The lowest BCUT2D eigenvalue weighted by atomic mass is 9.99. The fraction of sp³-hybridized carbons (Fsp3) is 0.312. The van der Waals surface area contributed by atoms with Crippen LogP contribution in [-0.2, 0) is 0 Å². The number of pyridine rings is 1. The Morgan fingerprint density at radius 3 is 2.91 bits per heavy atom. The van der Waals surface area contributed by atoms with Crippen molar-refractivity contribution >= 4 is 34.2 Å². The van der Waals surface area contributed by atoms with Crippen LogP contribution >= 0.6 is 23.2 Å². The molecule has 0 saturated heterocycles. The molecular weight excluding hydrogens is 335 g/mol. The molecule has 1 aliphatic carbocycles. The molecule has 118 valence electrons. The van der Waals surface area contributed by atoms with Crippen LogP contribution in [0.4, 0.5) is 0 Å². The van der Waals surface area contributed by atoms with E-state index in [2.05, 4.69) is 19.5 Å². The van der Waals surface area contributed by atoms with E-state index in [0.717, 1.165) is 35.9 Å². The van der Waals surface area contributed by atoms with Crippen molar-refractivity contribution in [1.82, 2.24) is 19.5 Å². The van der Waals surface area contributed by atoms with Crippen molar-refractivity contribution in [1.29, 1.82) is 0 Å². The van der Waals surface area contributed by atoms with E-state index >= 15 is 0 Å². The SMILES string of the molecule is O=c1cc(C2CCC(n3ccc4c(Cl)nc(Cl)nc43)C2)cc[nH]1. The van der Waals surface area contributed by atoms with Gasteiger partial charge in [-0.15, -0.1) is 0 Å². The molecule has 1 saturated carbocycles. The van der Waals surface area contributed by atoms with Crippen molar-refractivity contribution in [2.45, 2.75) is 31.2 Å². The van der Waals surface area contributed by atoms with Gasteiger partial charge in [0, 0.05) is 24.5 Å². The van der Waals surface area contributed by atoms with E-state index in [1.165, 1.54) is 0 Å². The number of aromatic amines is 1. The summed E-state index contributed by atoms with van der Waals surface area (Å²) in [7, 11) is 0. The third-order valence-corrected chi connectivity index (χ3v) is 5.02. The predicted molar refractivity (Wildman–Crippen MR) is 90.2 cm³/mol. The van der Waals surface area contributed by atoms with Gasteiger partial charge in [0.2, 0.25) is 10.8 Å². The zero-order chi connectivity index (χ0) is 16.0. The van der Waals surface area contributed by atoms with Gasteiger partial charge < -0.3 is 9.55 Å². The molecule has 3 heterocycles. The molecule has 0 spiro atoms. The van der Waals surface area contributed by atoms with Crippen LogP contribution in [0.2, 0.25) is 10.4 Å². The molecule has 0 amide bonds. The summed E-state index contributed by atoms with van der Waals surface area (Å²) in [5.74, 6) is 0.382. The molecule has 5 nitrogen and oxygen atoms in total. The molecule has 3 aromatic heterocycles. The molecule has 4 rings (SSSR count). The second-order valence-corrected chi connectivity index (χ2v) is 6.59. The Morgan fingerprint density at radius 1 is 1.22 bits per heavy atom. The first-order valence-electron chi connectivity index (χ1n) is 7.50. The predicted octanol–water partition coefficient (Wildman–Crippen LogP) is 3.94. The van der Waals surface area contributed by atoms with Crippen molar-refractivity contribution in [3.63, 3.8) is 0 Å². The van der Waals surface area contributed by atoms with E-state index < -0.39 is 0 Å². The molecule has 3 aromatic rings. The molecule has 1 aliphatic rings. The van der Waals surface area contributed by atoms with Crippen LogP contribution < -0.4 is 5.56 Å². The van der Waals surface area contributed by atoms with Crippen molar-refractivity contribution < 1.29 is 0 Å². The van der Waals surface area contributed by atoms with Gasteiger partial charge in [-0.2, -0.15) is 4.98 Å². The lowest BCUT2D eigenvalue weighted by Crippen LogP contribution is -2.08. The van der Waals surface area contributed by atoms with Gasteiger partial charge in [-0.1, -0.05) is 11.6 Å². The summed E-state index contributed by atoms with van der Waals surface area (Å²) in [5.41, 5.74) is 1.81. The highest BCUT2D eigenvalue weighted by atomic mass is 35.5. The first-order valence-corrected chi connectivity index (χ1v) is 8.25. The van der Waals surface area contributed by atoms with Gasteiger partial charge in [0.1, 0.15) is 10.8 Å². The molecule has 2 unspecified atom stereocenters. The van der Waals surface area contributed by atoms with Gasteiger partial charge in [-0.05, 0) is 54.5 Å². The van der Waals surface area contributed by atoms with Crippen LogP contribution in [0.1, 0.15) is 36.8 Å². The van der Waals surface area contributed by atoms with Crippen LogP contribution in [0.15, 0.2) is 35.4 Å². The fourth-order valence-electron chi connectivity index (χ4n) is 3.49. The first-order chi connectivity index (χ1) is 11.1. The first kappa shape index (κ1) is 14.7. The third-order valence-electron chi connectivity index (χ3n) is 4.57. The van der Waals surface area contributed by atoms with Gasteiger partial charge in [0.15, 0.2) is 0 Å². The third kappa shape index (κ3) is 2.64. The van der Waals surface area contributed by atoms with Crippen molar-refractivity contribution in [2.24, 2.45) is 0 Å². The monoisotopic (exact) mass is 348 g/mol. The molecule has 0 radical (unpaired) electrons. The van der Waals surface area contributed by atoms with Crippen LogP contribution in [0.25, 0.3) is 11.0 Å². The van der Waals surface area contributed by atoms with Gasteiger partial charge in [0.25, 0.3) is 0 Å². The van der Waals surface area contributed by atoms with E-state index in [1.807, 2.05) is 18.3 Å². The highest BCUT2D eigenvalue weighted by Crippen LogP contribution is 2.42. The number of fused-ring (bicyclic) bond motifs is 1. The van der Waals surface area contributed by atoms with Crippen molar-refractivity contribution in [3.8, 4) is 0 Å². The Bertz CT molecular complexity index is 933. The number of H-pyrrole nitrogens is 1. The number of aromatic nitrogens is 4. The van der Waals surface area contributed by atoms with Gasteiger partial charge in [-0.3, -0.25) is 4.79 Å². The summed E-state index contributed by atoms with van der Waals surface area (Å²) in [6.07, 6.45) is 6.74.